The summed E-state index contributed by atoms with van der Waals surface area (Å²) in [6, 6.07) is 13.8. The van der Waals surface area contributed by atoms with E-state index in [0.29, 0.717) is 6.54 Å². The molecular formula is C20H27ClIN3O2. The minimum Gasteiger partial charge on any atom is -0.493 e. The summed E-state index contributed by atoms with van der Waals surface area (Å²) in [5, 5.41) is 7.37. The molecule has 0 aliphatic rings. The predicted molar refractivity (Wildman–Crippen MR) is 123 cm³/mol. The normalized spacial score (nSPS) is 10.7. The van der Waals surface area contributed by atoms with Crippen molar-refractivity contribution in [2.45, 2.75) is 19.4 Å². The van der Waals surface area contributed by atoms with Gasteiger partial charge in [0, 0.05) is 25.2 Å². The fourth-order valence-electron chi connectivity index (χ4n) is 2.54. The van der Waals surface area contributed by atoms with E-state index in [1.54, 1.807) is 21.3 Å². The van der Waals surface area contributed by atoms with E-state index in [4.69, 9.17) is 21.1 Å². The van der Waals surface area contributed by atoms with Crippen LogP contribution in [0.5, 0.6) is 11.5 Å². The Morgan fingerprint density at radius 1 is 0.963 bits per heavy atom. The van der Waals surface area contributed by atoms with Gasteiger partial charge in [0.25, 0.3) is 0 Å². The lowest BCUT2D eigenvalue weighted by Gasteiger charge is -2.13. The smallest absolute Gasteiger partial charge is 0.191 e. The van der Waals surface area contributed by atoms with Crippen LogP contribution in [0.1, 0.15) is 17.5 Å². The number of guanidine groups is 1. The molecule has 148 valence electrons. The summed E-state index contributed by atoms with van der Waals surface area (Å²) in [5.74, 6) is 2.30. The second-order valence-corrected chi connectivity index (χ2v) is 6.21. The summed E-state index contributed by atoms with van der Waals surface area (Å²) >= 11 is 5.90. The summed E-state index contributed by atoms with van der Waals surface area (Å²) < 4.78 is 10.6. The SMILES string of the molecule is CN=C(NCCCc1ccc(OC)c(OC)c1)NCc1ccc(Cl)cc1.I. The molecule has 0 heterocycles. The molecule has 27 heavy (non-hydrogen) atoms. The van der Waals surface area contributed by atoms with Crippen molar-refractivity contribution >= 4 is 41.5 Å². The van der Waals surface area contributed by atoms with Gasteiger partial charge in [-0.25, -0.2) is 0 Å². The van der Waals surface area contributed by atoms with Gasteiger partial charge in [-0.2, -0.15) is 0 Å². The highest BCUT2D eigenvalue weighted by molar-refractivity contribution is 14.0. The Balaban J connectivity index is 0.00000364. The van der Waals surface area contributed by atoms with Crippen LogP contribution in [0.2, 0.25) is 5.02 Å². The van der Waals surface area contributed by atoms with Crippen LogP contribution in [-0.2, 0) is 13.0 Å². The number of aryl methyl sites for hydroxylation is 1. The maximum atomic E-state index is 5.90. The van der Waals surface area contributed by atoms with Crippen LogP contribution >= 0.6 is 35.6 Å². The molecule has 0 aliphatic heterocycles. The zero-order valence-electron chi connectivity index (χ0n) is 15.9. The molecule has 2 rings (SSSR count). The predicted octanol–water partition coefficient (Wildman–Crippen LogP) is 4.27. The van der Waals surface area contributed by atoms with Gasteiger partial charge in [-0.15, -0.1) is 24.0 Å². The molecule has 0 saturated carbocycles. The second-order valence-electron chi connectivity index (χ2n) is 5.77. The monoisotopic (exact) mass is 503 g/mol. The molecule has 0 aromatic heterocycles. The molecule has 2 aromatic carbocycles. The number of halogens is 2. The average Bonchev–Trinajstić information content (AvgIpc) is 2.68. The Hall–Kier alpha value is -1.67. The molecule has 0 radical (unpaired) electrons. The minimum atomic E-state index is 0. The highest BCUT2D eigenvalue weighted by Crippen LogP contribution is 2.27. The van der Waals surface area contributed by atoms with Crippen molar-refractivity contribution < 1.29 is 9.47 Å². The van der Waals surface area contributed by atoms with Crippen LogP contribution < -0.4 is 20.1 Å². The number of hydrogen-bond acceptors (Lipinski definition) is 3. The number of hydrogen-bond donors (Lipinski definition) is 2. The molecule has 2 N–H and O–H groups in total. The van der Waals surface area contributed by atoms with Crippen molar-refractivity contribution in [3.8, 4) is 11.5 Å². The number of benzene rings is 2. The lowest BCUT2D eigenvalue weighted by molar-refractivity contribution is 0.354. The zero-order chi connectivity index (χ0) is 18.8. The van der Waals surface area contributed by atoms with Crippen molar-refractivity contribution in [2.75, 3.05) is 27.8 Å². The number of nitrogens with zero attached hydrogens (tertiary/aromatic N) is 1. The summed E-state index contributed by atoms with van der Waals surface area (Å²) in [4.78, 5) is 4.25. The molecule has 0 aliphatic carbocycles. The molecule has 0 bridgehead atoms. The number of ether oxygens (including phenoxy) is 2. The first kappa shape index (κ1) is 23.4. The van der Waals surface area contributed by atoms with Gasteiger partial charge < -0.3 is 20.1 Å². The first-order chi connectivity index (χ1) is 12.7. The average molecular weight is 504 g/mol. The molecule has 0 amide bonds. The van der Waals surface area contributed by atoms with E-state index in [9.17, 15) is 0 Å². The third-order valence-corrected chi connectivity index (χ3v) is 4.23. The molecule has 0 atom stereocenters. The van der Waals surface area contributed by atoms with Crippen molar-refractivity contribution in [3.63, 3.8) is 0 Å². The van der Waals surface area contributed by atoms with Gasteiger partial charge in [-0.05, 0) is 48.2 Å². The van der Waals surface area contributed by atoms with E-state index < -0.39 is 0 Å². The summed E-state index contributed by atoms with van der Waals surface area (Å²) in [7, 11) is 5.06. The lowest BCUT2D eigenvalue weighted by Crippen LogP contribution is -2.37. The second kappa shape index (κ2) is 12.7. The number of nitrogens with one attached hydrogen (secondary N) is 2. The Morgan fingerprint density at radius 2 is 1.63 bits per heavy atom. The van der Waals surface area contributed by atoms with Crippen molar-refractivity contribution in [3.05, 3.63) is 58.6 Å². The van der Waals surface area contributed by atoms with Crippen LogP contribution in [0.15, 0.2) is 47.5 Å². The van der Waals surface area contributed by atoms with Gasteiger partial charge in [0.05, 0.1) is 14.2 Å². The zero-order valence-corrected chi connectivity index (χ0v) is 19.0. The Labute approximate surface area is 183 Å². The molecule has 7 heteroatoms. The lowest BCUT2D eigenvalue weighted by atomic mass is 10.1. The standard InChI is InChI=1S/C20H26ClN3O2.HI/c1-22-20(24-14-16-6-9-17(21)10-7-16)23-12-4-5-15-8-11-18(25-2)19(13-15)26-3;/h6-11,13H,4-5,12,14H2,1-3H3,(H2,22,23,24);1H. The van der Waals surface area contributed by atoms with Crippen molar-refractivity contribution in [1.29, 1.82) is 0 Å². The Morgan fingerprint density at radius 3 is 2.26 bits per heavy atom. The van der Waals surface area contributed by atoms with E-state index in [0.717, 1.165) is 47.4 Å². The van der Waals surface area contributed by atoms with Gasteiger partial charge >= 0.3 is 0 Å². The quantitative estimate of drug-likeness (QED) is 0.244. The van der Waals surface area contributed by atoms with E-state index in [2.05, 4.69) is 21.7 Å². The molecule has 5 nitrogen and oxygen atoms in total. The van der Waals surface area contributed by atoms with Crippen LogP contribution in [0.4, 0.5) is 0 Å². The Kier molecular flexibility index (Phi) is 11.0. The van der Waals surface area contributed by atoms with E-state index in [1.165, 1.54) is 5.56 Å². The van der Waals surface area contributed by atoms with Gasteiger partial charge in [0.15, 0.2) is 17.5 Å². The van der Waals surface area contributed by atoms with Crippen molar-refractivity contribution in [2.24, 2.45) is 4.99 Å². The highest BCUT2D eigenvalue weighted by atomic mass is 127. The Bertz CT molecular complexity index is 724. The van der Waals surface area contributed by atoms with Gasteiger partial charge in [0.2, 0.25) is 0 Å². The van der Waals surface area contributed by atoms with Crippen LogP contribution in [0.3, 0.4) is 0 Å². The largest absolute Gasteiger partial charge is 0.493 e. The highest BCUT2D eigenvalue weighted by Gasteiger charge is 2.04. The third kappa shape index (κ3) is 7.84. The third-order valence-electron chi connectivity index (χ3n) is 3.98. The van der Waals surface area contributed by atoms with E-state index >= 15 is 0 Å². The van der Waals surface area contributed by atoms with Crippen LogP contribution in [0, 0.1) is 0 Å². The maximum Gasteiger partial charge on any atom is 0.191 e. The number of aliphatic imine (C=N–C) groups is 1. The van der Waals surface area contributed by atoms with Gasteiger partial charge in [-0.3, -0.25) is 4.99 Å². The van der Waals surface area contributed by atoms with Crippen LogP contribution in [-0.4, -0.2) is 33.8 Å². The fraction of sp³-hybridized carbons (Fsp3) is 0.350. The molecule has 0 unspecified atom stereocenters. The first-order valence-corrected chi connectivity index (χ1v) is 8.94. The molecule has 0 spiro atoms. The molecular weight excluding hydrogens is 477 g/mol. The molecule has 0 fully saturated rings. The summed E-state index contributed by atoms with van der Waals surface area (Å²) in [6.07, 6.45) is 1.93. The summed E-state index contributed by atoms with van der Waals surface area (Å²) in [5.41, 5.74) is 2.37. The van der Waals surface area contributed by atoms with E-state index in [1.807, 2.05) is 36.4 Å². The number of methoxy groups -OCH3 is 2. The fourth-order valence-corrected chi connectivity index (χ4v) is 2.67. The van der Waals surface area contributed by atoms with Crippen molar-refractivity contribution in [1.82, 2.24) is 10.6 Å². The topological polar surface area (TPSA) is 54.9 Å². The van der Waals surface area contributed by atoms with E-state index in [-0.39, 0.29) is 24.0 Å². The first-order valence-electron chi connectivity index (χ1n) is 8.56. The van der Waals surface area contributed by atoms with Crippen LogP contribution in [0.25, 0.3) is 0 Å². The summed E-state index contributed by atoms with van der Waals surface area (Å²) in [6.45, 7) is 1.53. The maximum absolute atomic E-state index is 5.90. The molecule has 0 saturated heterocycles. The van der Waals surface area contributed by atoms with Gasteiger partial charge in [-0.1, -0.05) is 29.8 Å². The number of rotatable bonds is 8. The minimum absolute atomic E-state index is 0. The molecule has 2 aromatic rings. The van der Waals surface area contributed by atoms with Gasteiger partial charge in [0.1, 0.15) is 0 Å².